The quantitative estimate of drug-likeness (QED) is 0.131. The van der Waals surface area contributed by atoms with Crippen molar-refractivity contribution in [3.63, 3.8) is 0 Å². The first-order chi connectivity index (χ1) is 12.7. The summed E-state index contributed by atoms with van der Waals surface area (Å²) in [7, 11) is 0. The number of unbranched alkanes of at least 4 members (excludes halogenated alkanes) is 15. The van der Waals surface area contributed by atoms with Gasteiger partial charge in [0.25, 0.3) is 0 Å². The topological polar surface area (TPSA) is 26.3 Å². The lowest BCUT2D eigenvalue weighted by molar-refractivity contribution is -0.139. The average molecular weight is 367 g/mol. The minimum Gasteiger partial charge on any atom is -0.462 e. The van der Waals surface area contributed by atoms with Gasteiger partial charge in [-0.15, -0.1) is 0 Å². The van der Waals surface area contributed by atoms with Crippen molar-refractivity contribution < 1.29 is 9.53 Å². The van der Waals surface area contributed by atoms with Gasteiger partial charge in [0.2, 0.25) is 0 Å². The van der Waals surface area contributed by atoms with Crippen LogP contribution in [-0.4, -0.2) is 12.6 Å². The summed E-state index contributed by atoms with van der Waals surface area (Å²) < 4.78 is 5.35. The Bertz CT molecular complexity index is 333. The molecular formula is C24H46O2. The summed E-state index contributed by atoms with van der Waals surface area (Å²) in [5.74, 6) is -0.120. The van der Waals surface area contributed by atoms with Crippen molar-refractivity contribution >= 4 is 5.97 Å². The van der Waals surface area contributed by atoms with Crippen molar-refractivity contribution in [2.75, 3.05) is 6.61 Å². The van der Waals surface area contributed by atoms with Crippen LogP contribution < -0.4 is 0 Å². The lowest BCUT2D eigenvalue weighted by Gasteiger charge is -2.05. The van der Waals surface area contributed by atoms with Gasteiger partial charge in [0.05, 0.1) is 6.61 Å². The Morgan fingerprint density at radius 1 is 0.654 bits per heavy atom. The Labute approximate surface area is 164 Å². The number of esters is 1. The molecule has 0 aliphatic carbocycles. The number of carbonyl (C=O) groups excluding carboxylic acids is 1. The van der Waals surface area contributed by atoms with E-state index in [9.17, 15) is 4.79 Å². The fourth-order valence-electron chi connectivity index (χ4n) is 3.19. The number of carbonyl (C=O) groups is 1. The molecule has 0 N–H and O–H groups in total. The lowest BCUT2D eigenvalue weighted by Crippen LogP contribution is -2.07. The summed E-state index contributed by atoms with van der Waals surface area (Å²) in [6.45, 7) is 6.96. The zero-order valence-corrected chi connectivity index (χ0v) is 18.1. The van der Waals surface area contributed by atoms with E-state index in [4.69, 9.17) is 4.74 Å². The summed E-state index contributed by atoms with van der Waals surface area (Å²) >= 11 is 0. The zero-order chi connectivity index (χ0) is 19.3. The van der Waals surface area contributed by atoms with Crippen molar-refractivity contribution in [2.24, 2.45) is 0 Å². The van der Waals surface area contributed by atoms with Gasteiger partial charge in [0.1, 0.15) is 0 Å². The summed E-state index contributed by atoms with van der Waals surface area (Å²) in [4.78, 5) is 11.9. The maximum atomic E-state index is 11.9. The van der Waals surface area contributed by atoms with Crippen LogP contribution in [0, 0.1) is 0 Å². The predicted octanol–water partition coefficient (Wildman–Crippen LogP) is 8.15. The lowest BCUT2D eigenvalue weighted by atomic mass is 10.1. The van der Waals surface area contributed by atoms with Gasteiger partial charge in [-0.05, 0) is 26.2 Å². The Kier molecular flexibility index (Phi) is 19.9. The van der Waals surface area contributed by atoms with Crippen LogP contribution in [0.15, 0.2) is 11.6 Å². The van der Waals surface area contributed by atoms with Crippen LogP contribution in [0.1, 0.15) is 130 Å². The SMILES string of the molecule is CCCCCCCCCCCCC=C(C)C(=O)OCCCCCCCC. The molecule has 0 saturated heterocycles. The minimum absolute atomic E-state index is 0.120. The summed E-state index contributed by atoms with van der Waals surface area (Å²) in [5.41, 5.74) is 0.784. The van der Waals surface area contributed by atoms with Gasteiger partial charge in [-0.2, -0.15) is 0 Å². The third-order valence-electron chi connectivity index (χ3n) is 5.06. The van der Waals surface area contributed by atoms with E-state index in [1.165, 1.54) is 96.3 Å². The highest BCUT2D eigenvalue weighted by Crippen LogP contribution is 2.12. The van der Waals surface area contributed by atoms with Crippen LogP contribution in [0.5, 0.6) is 0 Å². The van der Waals surface area contributed by atoms with E-state index in [0.717, 1.165) is 18.4 Å². The molecule has 0 aliphatic rings. The molecule has 0 spiro atoms. The van der Waals surface area contributed by atoms with Crippen molar-refractivity contribution in [3.05, 3.63) is 11.6 Å². The highest BCUT2D eigenvalue weighted by Gasteiger charge is 2.04. The monoisotopic (exact) mass is 366 g/mol. The van der Waals surface area contributed by atoms with Crippen LogP contribution in [0.4, 0.5) is 0 Å². The molecule has 26 heavy (non-hydrogen) atoms. The first kappa shape index (κ1) is 25.2. The second kappa shape index (κ2) is 20.5. The fourth-order valence-corrected chi connectivity index (χ4v) is 3.19. The molecule has 0 heterocycles. The number of allylic oxidation sites excluding steroid dienone is 1. The van der Waals surface area contributed by atoms with Gasteiger partial charge in [-0.3, -0.25) is 0 Å². The molecule has 0 saturated carbocycles. The normalized spacial score (nSPS) is 11.7. The largest absolute Gasteiger partial charge is 0.462 e. The molecule has 0 rings (SSSR count). The third-order valence-corrected chi connectivity index (χ3v) is 5.06. The van der Waals surface area contributed by atoms with Crippen LogP contribution in [0.25, 0.3) is 0 Å². The predicted molar refractivity (Wildman–Crippen MR) is 115 cm³/mol. The third kappa shape index (κ3) is 18.0. The number of ether oxygens (including phenoxy) is 1. The molecule has 0 radical (unpaired) electrons. The molecule has 0 amide bonds. The van der Waals surface area contributed by atoms with Crippen molar-refractivity contribution in [3.8, 4) is 0 Å². The summed E-state index contributed by atoms with van der Waals surface area (Å²) in [6.07, 6.45) is 24.0. The van der Waals surface area contributed by atoms with E-state index >= 15 is 0 Å². The van der Waals surface area contributed by atoms with E-state index in [0.29, 0.717) is 6.61 Å². The van der Waals surface area contributed by atoms with Crippen molar-refractivity contribution in [1.82, 2.24) is 0 Å². The minimum atomic E-state index is -0.120. The Morgan fingerprint density at radius 2 is 1.08 bits per heavy atom. The summed E-state index contributed by atoms with van der Waals surface area (Å²) in [5, 5.41) is 0. The van der Waals surface area contributed by atoms with Crippen LogP contribution in [0.2, 0.25) is 0 Å². The zero-order valence-electron chi connectivity index (χ0n) is 18.1. The number of rotatable bonds is 19. The standard InChI is InChI=1S/C24H46O2/c1-4-6-8-10-12-13-14-15-16-17-19-21-23(3)24(25)26-22-20-18-11-9-7-5-2/h21H,4-20,22H2,1-3H3. The average Bonchev–Trinajstić information content (AvgIpc) is 2.65. The van der Waals surface area contributed by atoms with Gasteiger partial charge >= 0.3 is 5.97 Å². The Morgan fingerprint density at radius 3 is 1.58 bits per heavy atom. The molecule has 0 unspecified atom stereocenters. The molecule has 0 fully saturated rings. The van der Waals surface area contributed by atoms with Crippen molar-refractivity contribution in [2.45, 2.75) is 130 Å². The highest BCUT2D eigenvalue weighted by atomic mass is 16.5. The van der Waals surface area contributed by atoms with Gasteiger partial charge in [0.15, 0.2) is 0 Å². The molecule has 0 aromatic heterocycles. The smallest absolute Gasteiger partial charge is 0.333 e. The highest BCUT2D eigenvalue weighted by molar-refractivity contribution is 5.87. The van der Waals surface area contributed by atoms with E-state index in [-0.39, 0.29) is 5.97 Å². The Hall–Kier alpha value is -0.790. The second-order valence-electron chi connectivity index (χ2n) is 7.76. The van der Waals surface area contributed by atoms with E-state index in [1.54, 1.807) is 0 Å². The maximum absolute atomic E-state index is 11.9. The van der Waals surface area contributed by atoms with Crippen LogP contribution in [0.3, 0.4) is 0 Å². The first-order valence-electron chi connectivity index (χ1n) is 11.6. The first-order valence-corrected chi connectivity index (χ1v) is 11.6. The molecule has 2 nitrogen and oxygen atoms in total. The second-order valence-corrected chi connectivity index (χ2v) is 7.76. The number of hydrogen-bond acceptors (Lipinski definition) is 2. The fraction of sp³-hybridized carbons (Fsp3) is 0.875. The molecule has 0 aromatic carbocycles. The van der Waals surface area contributed by atoms with Crippen LogP contribution in [-0.2, 0) is 9.53 Å². The molecule has 154 valence electrons. The summed E-state index contributed by atoms with van der Waals surface area (Å²) in [6, 6.07) is 0. The van der Waals surface area contributed by atoms with Crippen LogP contribution >= 0.6 is 0 Å². The van der Waals surface area contributed by atoms with Gasteiger partial charge in [-0.25, -0.2) is 4.79 Å². The van der Waals surface area contributed by atoms with E-state index < -0.39 is 0 Å². The van der Waals surface area contributed by atoms with Gasteiger partial charge in [-0.1, -0.05) is 110 Å². The number of hydrogen-bond donors (Lipinski definition) is 0. The van der Waals surface area contributed by atoms with Gasteiger partial charge < -0.3 is 4.74 Å². The van der Waals surface area contributed by atoms with E-state index in [2.05, 4.69) is 19.9 Å². The Balaban J connectivity index is 3.43. The molecule has 0 atom stereocenters. The molecule has 0 aliphatic heterocycles. The maximum Gasteiger partial charge on any atom is 0.333 e. The molecular weight excluding hydrogens is 320 g/mol. The molecule has 0 bridgehead atoms. The van der Waals surface area contributed by atoms with E-state index in [1.807, 2.05) is 6.92 Å². The molecule has 2 heteroatoms. The molecule has 0 aromatic rings. The van der Waals surface area contributed by atoms with Crippen molar-refractivity contribution in [1.29, 1.82) is 0 Å². The van der Waals surface area contributed by atoms with Gasteiger partial charge in [0, 0.05) is 5.57 Å².